The minimum absolute atomic E-state index is 0.172. The molecule has 0 bridgehead atoms. The summed E-state index contributed by atoms with van der Waals surface area (Å²) < 4.78 is 5.62. The lowest BCUT2D eigenvalue weighted by Gasteiger charge is -2.18. The van der Waals surface area contributed by atoms with E-state index in [1.807, 2.05) is 24.3 Å². The van der Waals surface area contributed by atoms with E-state index in [2.05, 4.69) is 26.8 Å². The van der Waals surface area contributed by atoms with Gasteiger partial charge in [0.25, 0.3) is 0 Å². The number of hydrogen-bond acceptors (Lipinski definition) is 2. The highest BCUT2D eigenvalue weighted by atomic mass is 16.5. The van der Waals surface area contributed by atoms with Gasteiger partial charge in [0, 0.05) is 0 Å². The van der Waals surface area contributed by atoms with E-state index in [1.54, 1.807) is 0 Å². The fraction of sp³-hybridized carbons (Fsp3) is 0.462. The van der Waals surface area contributed by atoms with Crippen LogP contribution >= 0.6 is 0 Å². The molecule has 0 amide bonds. The lowest BCUT2D eigenvalue weighted by atomic mass is 9.99. The molecule has 0 saturated carbocycles. The minimum atomic E-state index is 0.172. The van der Waals surface area contributed by atoms with E-state index in [1.165, 1.54) is 0 Å². The predicted octanol–water partition coefficient (Wildman–Crippen LogP) is 3.18. The molecular formula is C13H17NO. The Bertz CT molecular complexity index is 340. The van der Waals surface area contributed by atoms with Gasteiger partial charge in [-0.15, -0.1) is 0 Å². The molecule has 0 aromatic heterocycles. The van der Waals surface area contributed by atoms with E-state index >= 15 is 0 Å². The first-order chi connectivity index (χ1) is 7.01. The molecule has 0 N–H and O–H groups in total. The van der Waals surface area contributed by atoms with Gasteiger partial charge < -0.3 is 4.74 Å². The predicted molar refractivity (Wildman–Crippen MR) is 60.7 cm³/mol. The standard InChI is InChI=1S/C13H17NO/c1-13(2,3)10-15-12-6-4-11(5-7-12)8-9-14/h4-7H,8,10H2,1-3H3. The van der Waals surface area contributed by atoms with E-state index in [9.17, 15) is 0 Å². The van der Waals surface area contributed by atoms with Crippen LogP contribution < -0.4 is 4.74 Å². The van der Waals surface area contributed by atoms with Crippen LogP contribution in [0.4, 0.5) is 0 Å². The summed E-state index contributed by atoms with van der Waals surface area (Å²) in [6.45, 7) is 7.11. The normalized spacial score (nSPS) is 10.8. The molecule has 80 valence electrons. The summed E-state index contributed by atoms with van der Waals surface area (Å²) in [7, 11) is 0. The monoisotopic (exact) mass is 203 g/mol. The van der Waals surface area contributed by atoms with Gasteiger partial charge in [0.05, 0.1) is 19.1 Å². The molecule has 0 atom stereocenters. The van der Waals surface area contributed by atoms with Crippen molar-refractivity contribution >= 4 is 0 Å². The van der Waals surface area contributed by atoms with Crippen LogP contribution in [0.2, 0.25) is 0 Å². The topological polar surface area (TPSA) is 33.0 Å². The Balaban J connectivity index is 2.54. The van der Waals surface area contributed by atoms with Gasteiger partial charge in [0.2, 0.25) is 0 Å². The summed E-state index contributed by atoms with van der Waals surface area (Å²) in [6.07, 6.45) is 0.458. The number of hydrogen-bond donors (Lipinski definition) is 0. The first-order valence-corrected chi connectivity index (χ1v) is 5.10. The quantitative estimate of drug-likeness (QED) is 0.755. The van der Waals surface area contributed by atoms with Crippen molar-refractivity contribution in [3.05, 3.63) is 29.8 Å². The van der Waals surface area contributed by atoms with Gasteiger partial charge in [-0.2, -0.15) is 5.26 Å². The highest BCUT2D eigenvalue weighted by Crippen LogP contribution is 2.18. The van der Waals surface area contributed by atoms with Crippen molar-refractivity contribution in [2.45, 2.75) is 27.2 Å². The second kappa shape index (κ2) is 4.84. The van der Waals surface area contributed by atoms with Gasteiger partial charge >= 0.3 is 0 Å². The molecule has 2 nitrogen and oxygen atoms in total. The molecule has 0 unspecified atom stereocenters. The van der Waals surface area contributed by atoms with Crippen molar-refractivity contribution in [3.8, 4) is 11.8 Å². The molecule has 0 heterocycles. The Hall–Kier alpha value is -1.49. The van der Waals surface area contributed by atoms with Crippen LogP contribution in [0.3, 0.4) is 0 Å². The van der Waals surface area contributed by atoms with Crippen molar-refractivity contribution in [1.82, 2.24) is 0 Å². The third-order valence-corrected chi connectivity index (χ3v) is 1.88. The van der Waals surface area contributed by atoms with E-state index in [-0.39, 0.29) is 5.41 Å². The summed E-state index contributed by atoms with van der Waals surface area (Å²) in [5, 5.41) is 8.52. The highest BCUT2D eigenvalue weighted by molar-refractivity contribution is 5.28. The maximum atomic E-state index is 8.52. The summed E-state index contributed by atoms with van der Waals surface area (Å²) in [5.74, 6) is 0.867. The van der Waals surface area contributed by atoms with Gasteiger partial charge in [-0.25, -0.2) is 0 Å². The maximum absolute atomic E-state index is 8.52. The largest absolute Gasteiger partial charge is 0.493 e. The Morgan fingerprint density at radius 2 is 1.80 bits per heavy atom. The number of rotatable bonds is 3. The minimum Gasteiger partial charge on any atom is -0.493 e. The van der Waals surface area contributed by atoms with Crippen LogP contribution in [0.5, 0.6) is 5.75 Å². The summed E-state index contributed by atoms with van der Waals surface area (Å²) >= 11 is 0. The molecule has 0 radical (unpaired) electrons. The first kappa shape index (κ1) is 11.6. The second-order valence-corrected chi connectivity index (χ2v) is 4.83. The molecule has 15 heavy (non-hydrogen) atoms. The van der Waals surface area contributed by atoms with Crippen LogP contribution in [0.15, 0.2) is 24.3 Å². The number of nitriles is 1. The van der Waals surface area contributed by atoms with Crippen molar-refractivity contribution in [2.75, 3.05) is 6.61 Å². The van der Waals surface area contributed by atoms with Crippen molar-refractivity contribution < 1.29 is 4.74 Å². The van der Waals surface area contributed by atoms with E-state index in [4.69, 9.17) is 10.00 Å². The third-order valence-electron chi connectivity index (χ3n) is 1.88. The third kappa shape index (κ3) is 4.51. The molecular weight excluding hydrogens is 186 g/mol. The fourth-order valence-electron chi connectivity index (χ4n) is 1.09. The van der Waals surface area contributed by atoms with Crippen LogP contribution in [-0.2, 0) is 6.42 Å². The lowest BCUT2D eigenvalue weighted by Crippen LogP contribution is -2.16. The molecule has 0 aliphatic heterocycles. The molecule has 2 heteroatoms. The van der Waals surface area contributed by atoms with Crippen LogP contribution in [-0.4, -0.2) is 6.61 Å². The molecule has 1 aromatic rings. The zero-order valence-corrected chi connectivity index (χ0v) is 9.58. The highest BCUT2D eigenvalue weighted by Gasteiger charge is 2.10. The van der Waals surface area contributed by atoms with Crippen molar-refractivity contribution in [1.29, 1.82) is 5.26 Å². The van der Waals surface area contributed by atoms with E-state index in [0.717, 1.165) is 11.3 Å². The molecule has 1 aromatic carbocycles. The van der Waals surface area contributed by atoms with Gasteiger partial charge in [-0.05, 0) is 23.1 Å². The summed E-state index contributed by atoms with van der Waals surface area (Å²) in [4.78, 5) is 0. The Labute approximate surface area is 91.5 Å². The summed E-state index contributed by atoms with van der Waals surface area (Å²) in [6, 6.07) is 9.81. The SMILES string of the molecule is CC(C)(C)COc1ccc(CC#N)cc1. The van der Waals surface area contributed by atoms with E-state index < -0.39 is 0 Å². The fourth-order valence-corrected chi connectivity index (χ4v) is 1.09. The van der Waals surface area contributed by atoms with Gasteiger partial charge in [-0.3, -0.25) is 0 Å². The summed E-state index contributed by atoms with van der Waals surface area (Å²) in [5.41, 5.74) is 1.20. The molecule has 1 rings (SSSR count). The van der Waals surface area contributed by atoms with Crippen molar-refractivity contribution in [3.63, 3.8) is 0 Å². The van der Waals surface area contributed by atoms with Crippen LogP contribution in [0.1, 0.15) is 26.3 Å². The van der Waals surface area contributed by atoms with Gasteiger partial charge in [0.1, 0.15) is 5.75 Å². The zero-order chi connectivity index (χ0) is 11.3. The Morgan fingerprint density at radius 3 is 2.27 bits per heavy atom. The number of nitrogens with zero attached hydrogens (tertiary/aromatic N) is 1. The van der Waals surface area contributed by atoms with Crippen LogP contribution in [0, 0.1) is 16.7 Å². The lowest BCUT2D eigenvalue weighted by molar-refractivity contribution is 0.198. The Morgan fingerprint density at radius 1 is 1.20 bits per heavy atom. The second-order valence-electron chi connectivity index (χ2n) is 4.83. The maximum Gasteiger partial charge on any atom is 0.119 e. The Kier molecular flexibility index (Phi) is 3.74. The van der Waals surface area contributed by atoms with E-state index in [0.29, 0.717) is 13.0 Å². The number of ether oxygens (including phenoxy) is 1. The average molecular weight is 203 g/mol. The molecule has 0 fully saturated rings. The molecule has 0 saturated heterocycles. The average Bonchev–Trinajstić information content (AvgIpc) is 2.16. The van der Waals surface area contributed by atoms with Crippen LogP contribution in [0.25, 0.3) is 0 Å². The molecule has 0 aliphatic rings. The van der Waals surface area contributed by atoms with Gasteiger partial charge in [0.15, 0.2) is 0 Å². The van der Waals surface area contributed by atoms with Gasteiger partial charge in [-0.1, -0.05) is 32.9 Å². The number of benzene rings is 1. The molecule has 0 aliphatic carbocycles. The first-order valence-electron chi connectivity index (χ1n) is 5.10. The zero-order valence-electron chi connectivity index (χ0n) is 9.58. The van der Waals surface area contributed by atoms with Crippen molar-refractivity contribution in [2.24, 2.45) is 5.41 Å². The smallest absolute Gasteiger partial charge is 0.119 e. The molecule has 0 spiro atoms.